The maximum absolute atomic E-state index is 13.7. The minimum Gasteiger partial charge on any atom is -0.467 e. The Morgan fingerprint density at radius 3 is 2.19 bits per heavy atom. The molecule has 0 spiro atoms. The van der Waals surface area contributed by atoms with Crippen molar-refractivity contribution in [2.24, 2.45) is 0 Å². The highest BCUT2D eigenvalue weighted by Crippen LogP contribution is 2.31. The van der Waals surface area contributed by atoms with E-state index in [1.54, 1.807) is 12.1 Å². The van der Waals surface area contributed by atoms with E-state index in [-0.39, 0.29) is 5.91 Å². The lowest BCUT2D eigenvalue weighted by Gasteiger charge is -2.20. The van der Waals surface area contributed by atoms with Crippen LogP contribution in [0.2, 0.25) is 0 Å². The third-order valence-corrected chi connectivity index (χ3v) is 5.47. The number of amides is 1. The summed E-state index contributed by atoms with van der Waals surface area (Å²) in [6.07, 6.45) is 0.610. The van der Waals surface area contributed by atoms with Crippen LogP contribution in [0.1, 0.15) is 34.5 Å². The SMILES string of the molecule is CCc1c(-c2ccccc2)nc2ccccc2c1C(=O)N[C@@H](C(=O)OC)c1ccccc1. The number of benzene rings is 3. The number of carbonyl (C=O) groups excluding carboxylic acids is 2. The van der Waals surface area contributed by atoms with Gasteiger partial charge in [-0.15, -0.1) is 0 Å². The fourth-order valence-electron chi connectivity index (χ4n) is 3.93. The molecule has 1 amide bonds. The minimum absolute atomic E-state index is 0.336. The van der Waals surface area contributed by atoms with E-state index >= 15 is 0 Å². The first kappa shape index (κ1) is 21.2. The molecule has 0 aliphatic carbocycles. The third-order valence-electron chi connectivity index (χ3n) is 5.47. The second-order valence-electron chi connectivity index (χ2n) is 7.39. The van der Waals surface area contributed by atoms with Crippen LogP contribution < -0.4 is 5.32 Å². The standard InChI is InChI=1S/C27H24N2O3/c1-3-20-23(26(30)29-25(27(31)32-2)19-14-8-5-9-15-19)21-16-10-11-17-22(21)28-24(20)18-12-6-4-7-13-18/h4-17,25H,3H2,1-2H3,(H,29,30)/t25-/m1/s1. The molecule has 5 heteroatoms. The highest BCUT2D eigenvalue weighted by Gasteiger charge is 2.27. The van der Waals surface area contributed by atoms with Gasteiger partial charge >= 0.3 is 5.97 Å². The molecule has 4 aromatic rings. The predicted octanol–water partition coefficient (Wildman–Crippen LogP) is 5.11. The van der Waals surface area contributed by atoms with E-state index in [0.29, 0.717) is 17.5 Å². The van der Waals surface area contributed by atoms with E-state index < -0.39 is 12.0 Å². The lowest BCUT2D eigenvalue weighted by molar-refractivity contribution is -0.143. The van der Waals surface area contributed by atoms with Crippen LogP contribution in [0.4, 0.5) is 0 Å². The number of hydrogen-bond donors (Lipinski definition) is 1. The predicted molar refractivity (Wildman–Crippen MR) is 125 cm³/mol. The number of fused-ring (bicyclic) bond motifs is 1. The molecule has 0 aliphatic heterocycles. The summed E-state index contributed by atoms with van der Waals surface area (Å²) in [6, 6.07) is 25.6. The van der Waals surface area contributed by atoms with Gasteiger partial charge in [-0.2, -0.15) is 0 Å². The summed E-state index contributed by atoms with van der Waals surface area (Å²) in [5, 5.41) is 3.65. The normalized spacial score (nSPS) is 11.7. The fourth-order valence-corrected chi connectivity index (χ4v) is 3.93. The van der Waals surface area contributed by atoms with Crippen molar-refractivity contribution in [3.8, 4) is 11.3 Å². The van der Waals surface area contributed by atoms with Crippen molar-refractivity contribution < 1.29 is 14.3 Å². The number of aromatic nitrogens is 1. The van der Waals surface area contributed by atoms with Crippen LogP contribution in [0.15, 0.2) is 84.9 Å². The lowest BCUT2D eigenvalue weighted by atomic mass is 9.94. The Bertz CT molecular complexity index is 1250. The number of para-hydroxylation sites is 1. The van der Waals surface area contributed by atoms with Crippen LogP contribution >= 0.6 is 0 Å². The summed E-state index contributed by atoms with van der Waals surface area (Å²) in [5.74, 6) is -0.860. The number of methoxy groups -OCH3 is 1. The molecule has 1 N–H and O–H groups in total. The summed E-state index contributed by atoms with van der Waals surface area (Å²) < 4.78 is 4.97. The second kappa shape index (κ2) is 9.43. The van der Waals surface area contributed by atoms with E-state index in [0.717, 1.165) is 27.7 Å². The van der Waals surface area contributed by atoms with Crippen molar-refractivity contribution in [3.63, 3.8) is 0 Å². The van der Waals surface area contributed by atoms with Crippen molar-refractivity contribution in [1.29, 1.82) is 0 Å². The van der Waals surface area contributed by atoms with Gasteiger partial charge in [0.2, 0.25) is 0 Å². The van der Waals surface area contributed by atoms with Gasteiger partial charge < -0.3 is 10.1 Å². The molecule has 0 unspecified atom stereocenters. The summed E-state index contributed by atoms with van der Waals surface area (Å²) in [4.78, 5) is 31.1. The molecule has 160 valence electrons. The Labute approximate surface area is 187 Å². The highest BCUT2D eigenvalue weighted by atomic mass is 16.5. The van der Waals surface area contributed by atoms with Gasteiger partial charge in [0.15, 0.2) is 6.04 Å². The zero-order valence-electron chi connectivity index (χ0n) is 18.0. The maximum Gasteiger partial charge on any atom is 0.333 e. The molecule has 0 saturated carbocycles. The van der Waals surface area contributed by atoms with E-state index in [1.807, 2.05) is 79.7 Å². The van der Waals surface area contributed by atoms with Crippen molar-refractivity contribution in [2.45, 2.75) is 19.4 Å². The largest absolute Gasteiger partial charge is 0.467 e. The summed E-state index contributed by atoms with van der Waals surface area (Å²) in [6.45, 7) is 2.00. The van der Waals surface area contributed by atoms with E-state index in [2.05, 4.69) is 5.32 Å². The molecule has 0 bridgehead atoms. The average molecular weight is 425 g/mol. The van der Waals surface area contributed by atoms with Crippen molar-refractivity contribution in [3.05, 3.63) is 102 Å². The molecule has 1 heterocycles. The molecule has 0 aliphatic rings. The fraction of sp³-hybridized carbons (Fsp3) is 0.148. The molecule has 0 saturated heterocycles. The number of nitrogens with zero attached hydrogens (tertiary/aromatic N) is 1. The van der Waals surface area contributed by atoms with Crippen LogP contribution in [-0.2, 0) is 16.0 Å². The first-order valence-electron chi connectivity index (χ1n) is 10.5. The highest BCUT2D eigenvalue weighted by molar-refractivity contribution is 6.10. The number of hydrogen-bond acceptors (Lipinski definition) is 4. The Morgan fingerprint density at radius 1 is 0.906 bits per heavy atom. The molecule has 3 aromatic carbocycles. The van der Waals surface area contributed by atoms with Gasteiger partial charge in [0, 0.05) is 10.9 Å². The van der Waals surface area contributed by atoms with Gasteiger partial charge in [0.1, 0.15) is 0 Å². The Hall–Kier alpha value is -3.99. The first-order chi connectivity index (χ1) is 15.6. The van der Waals surface area contributed by atoms with E-state index in [4.69, 9.17) is 9.72 Å². The Kier molecular flexibility index (Phi) is 6.26. The molecule has 32 heavy (non-hydrogen) atoms. The quantitative estimate of drug-likeness (QED) is 0.437. The van der Waals surface area contributed by atoms with Crippen molar-refractivity contribution >= 4 is 22.8 Å². The molecule has 1 atom stereocenters. The summed E-state index contributed by atoms with van der Waals surface area (Å²) in [7, 11) is 1.32. The molecule has 0 radical (unpaired) electrons. The zero-order valence-corrected chi connectivity index (χ0v) is 18.0. The topological polar surface area (TPSA) is 68.3 Å². The summed E-state index contributed by atoms with van der Waals surface area (Å²) >= 11 is 0. The van der Waals surface area contributed by atoms with Crippen molar-refractivity contribution in [1.82, 2.24) is 10.3 Å². The number of rotatable bonds is 6. The summed E-state index contributed by atoms with van der Waals surface area (Å²) in [5.41, 5.74) is 4.46. The molecule has 0 fully saturated rings. The lowest BCUT2D eigenvalue weighted by Crippen LogP contribution is -2.35. The van der Waals surface area contributed by atoms with Crippen LogP contribution in [0.3, 0.4) is 0 Å². The first-order valence-corrected chi connectivity index (χ1v) is 10.5. The number of esters is 1. The Morgan fingerprint density at radius 2 is 1.53 bits per heavy atom. The van der Waals surface area contributed by atoms with Gasteiger partial charge in [0.05, 0.1) is 23.9 Å². The number of carbonyl (C=O) groups is 2. The maximum atomic E-state index is 13.7. The molecular weight excluding hydrogens is 400 g/mol. The second-order valence-corrected chi connectivity index (χ2v) is 7.39. The van der Waals surface area contributed by atoms with Crippen LogP contribution in [0, 0.1) is 0 Å². The number of pyridine rings is 1. The smallest absolute Gasteiger partial charge is 0.333 e. The van der Waals surface area contributed by atoms with Crippen LogP contribution in [0.25, 0.3) is 22.2 Å². The van der Waals surface area contributed by atoms with Gasteiger partial charge in [-0.25, -0.2) is 9.78 Å². The van der Waals surface area contributed by atoms with Gasteiger partial charge in [-0.3, -0.25) is 4.79 Å². The molecule has 4 rings (SSSR count). The van der Waals surface area contributed by atoms with Gasteiger partial charge in [-0.05, 0) is 23.6 Å². The van der Waals surface area contributed by atoms with Crippen LogP contribution in [-0.4, -0.2) is 24.0 Å². The minimum atomic E-state index is -0.912. The number of ether oxygens (including phenoxy) is 1. The average Bonchev–Trinajstić information content (AvgIpc) is 2.86. The molecule has 5 nitrogen and oxygen atoms in total. The monoisotopic (exact) mass is 424 g/mol. The molecular formula is C27H24N2O3. The van der Waals surface area contributed by atoms with Gasteiger partial charge in [-0.1, -0.05) is 85.8 Å². The zero-order chi connectivity index (χ0) is 22.5. The third kappa shape index (κ3) is 4.10. The number of nitrogens with one attached hydrogen (secondary N) is 1. The van der Waals surface area contributed by atoms with E-state index in [1.165, 1.54) is 7.11 Å². The van der Waals surface area contributed by atoms with Crippen LogP contribution in [0.5, 0.6) is 0 Å². The van der Waals surface area contributed by atoms with Gasteiger partial charge in [0.25, 0.3) is 5.91 Å². The molecule has 1 aromatic heterocycles. The van der Waals surface area contributed by atoms with E-state index in [9.17, 15) is 9.59 Å². The Balaban J connectivity index is 1.87. The van der Waals surface area contributed by atoms with Crippen molar-refractivity contribution in [2.75, 3.05) is 7.11 Å².